The van der Waals surface area contributed by atoms with E-state index in [1.165, 1.54) is 27.8 Å². The Morgan fingerprint density at radius 2 is 1.67 bits per heavy atom. The fourth-order valence-electron chi connectivity index (χ4n) is 4.01. The molecule has 0 unspecified atom stereocenters. The summed E-state index contributed by atoms with van der Waals surface area (Å²) in [5, 5.41) is 2.80. The summed E-state index contributed by atoms with van der Waals surface area (Å²) in [5.41, 5.74) is 12.8. The van der Waals surface area contributed by atoms with Crippen LogP contribution in [0.3, 0.4) is 0 Å². The Balaban J connectivity index is 1.31. The van der Waals surface area contributed by atoms with Crippen LogP contribution < -0.4 is 11.1 Å². The van der Waals surface area contributed by atoms with Crippen LogP contribution in [-0.2, 0) is 11.2 Å². The van der Waals surface area contributed by atoms with Gasteiger partial charge in [0.15, 0.2) is 0 Å². The van der Waals surface area contributed by atoms with Gasteiger partial charge in [-0.05, 0) is 46.3 Å². The number of fused-ring (bicyclic) bond motifs is 3. The summed E-state index contributed by atoms with van der Waals surface area (Å²) in [5.74, 6) is 0.0731. The second-order valence-corrected chi connectivity index (χ2v) is 7.39. The summed E-state index contributed by atoms with van der Waals surface area (Å²) in [7, 11) is 0. The maximum absolute atomic E-state index is 12.2. The number of nitrogens with two attached hydrogens (primary N) is 1. The molecule has 0 saturated carbocycles. The van der Waals surface area contributed by atoms with Gasteiger partial charge in [0.25, 0.3) is 0 Å². The van der Waals surface area contributed by atoms with Gasteiger partial charge in [0.2, 0.25) is 0 Å². The molecule has 0 fully saturated rings. The minimum atomic E-state index is -0.404. The molecule has 1 aliphatic rings. The van der Waals surface area contributed by atoms with E-state index in [4.69, 9.17) is 10.5 Å². The van der Waals surface area contributed by atoms with Gasteiger partial charge in [-0.2, -0.15) is 0 Å². The highest BCUT2D eigenvalue weighted by atomic mass is 16.5. The average Bonchev–Trinajstić information content (AvgIpc) is 3.10. The van der Waals surface area contributed by atoms with Gasteiger partial charge in [-0.25, -0.2) is 4.79 Å². The van der Waals surface area contributed by atoms with Gasteiger partial charge < -0.3 is 15.8 Å². The van der Waals surface area contributed by atoms with Crippen LogP contribution in [-0.4, -0.2) is 25.8 Å². The molecular formula is C26H26N2O2. The van der Waals surface area contributed by atoms with Crippen LogP contribution in [0.25, 0.3) is 17.2 Å². The molecular weight excluding hydrogens is 372 g/mol. The lowest BCUT2D eigenvalue weighted by Gasteiger charge is -2.14. The first-order valence-corrected chi connectivity index (χ1v) is 10.3. The minimum absolute atomic E-state index is 0.0731. The molecule has 0 saturated heterocycles. The van der Waals surface area contributed by atoms with Crippen LogP contribution in [0.4, 0.5) is 4.79 Å². The SMILES string of the molecule is NCCc1cccc(C=CCNC(=O)OCC2c3ccccc3-c3ccccc32)c1. The molecule has 1 amide bonds. The maximum atomic E-state index is 12.2. The van der Waals surface area contributed by atoms with Gasteiger partial charge in [0, 0.05) is 12.5 Å². The van der Waals surface area contributed by atoms with Crippen molar-refractivity contribution in [3.05, 3.63) is 101 Å². The first-order valence-electron chi connectivity index (χ1n) is 10.3. The highest BCUT2D eigenvalue weighted by Gasteiger charge is 2.28. The van der Waals surface area contributed by atoms with E-state index in [1.54, 1.807) is 0 Å². The second-order valence-electron chi connectivity index (χ2n) is 7.39. The van der Waals surface area contributed by atoms with Crippen LogP contribution in [0.15, 0.2) is 78.9 Å². The van der Waals surface area contributed by atoms with Crippen molar-refractivity contribution in [3.8, 4) is 11.1 Å². The number of carbonyl (C=O) groups is 1. The molecule has 0 aliphatic heterocycles. The predicted octanol–water partition coefficient (Wildman–Crippen LogP) is 4.74. The van der Waals surface area contributed by atoms with Crippen LogP contribution in [0.2, 0.25) is 0 Å². The van der Waals surface area contributed by atoms with E-state index in [1.807, 2.05) is 48.6 Å². The Bertz CT molecular complexity index is 1010. The number of ether oxygens (including phenoxy) is 1. The first kappa shape index (κ1) is 19.9. The molecule has 152 valence electrons. The molecule has 4 nitrogen and oxygen atoms in total. The Labute approximate surface area is 177 Å². The smallest absolute Gasteiger partial charge is 0.407 e. The maximum Gasteiger partial charge on any atom is 0.407 e. The third kappa shape index (κ3) is 4.44. The molecule has 0 spiro atoms. The number of rotatable bonds is 7. The number of carbonyl (C=O) groups excluding carboxylic acids is 1. The summed E-state index contributed by atoms with van der Waals surface area (Å²) in [6.07, 6.45) is 4.37. The van der Waals surface area contributed by atoms with Crippen LogP contribution in [0.1, 0.15) is 28.2 Å². The van der Waals surface area contributed by atoms with Gasteiger partial charge >= 0.3 is 6.09 Å². The van der Waals surface area contributed by atoms with E-state index in [9.17, 15) is 4.79 Å². The zero-order valence-electron chi connectivity index (χ0n) is 16.9. The molecule has 3 aromatic carbocycles. The molecule has 3 aromatic rings. The van der Waals surface area contributed by atoms with E-state index in [2.05, 4.69) is 41.7 Å². The Hall–Kier alpha value is -3.37. The molecule has 0 aromatic heterocycles. The lowest BCUT2D eigenvalue weighted by Crippen LogP contribution is -2.26. The van der Waals surface area contributed by atoms with E-state index >= 15 is 0 Å². The minimum Gasteiger partial charge on any atom is -0.449 e. The number of alkyl carbamates (subject to hydrolysis) is 1. The van der Waals surface area contributed by atoms with E-state index < -0.39 is 6.09 Å². The molecule has 0 radical (unpaired) electrons. The summed E-state index contributed by atoms with van der Waals surface area (Å²) >= 11 is 0. The van der Waals surface area contributed by atoms with E-state index in [-0.39, 0.29) is 5.92 Å². The monoisotopic (exact) mass is 398 g/mol. The molecule has 3 N–H and O–H groups in total. The molecule has 1 aliphatic carbocycles. The lowest BCUT2D eigenvalue weighted by atomic mass is 9.98. The molecule has 0 heterocycles. The number of benzene rings is 3. The second kappa shape index (κ2) is 9.42. The van der Waals surface area contributed by atoms with Gasteiger partial charge in [-0.15, -0.1) is 0 Å². The summed E-state index contributed by atoms with van der Waals surface area (Å²) in [6, 6.07) is 24.9. The van der Waals surface area contributed by atoms with Crippen molar-refractivity contribution in [2.24, 2.45) is 5.73 Å². The van der Waals surface area contributed by atoms with Crippen molar-refractivity contribution in [2.75, 3.05) is 19.7 Å². The van der Waals surface area contributed by atoms with Crippen molar-refractivity contribution < 1.29 is 9.53 Å². The van der Waals surface area contributed by atoms with Crippen LogP contribution in [0, 0.1) is 0 Å². The van der Waals surface area contributed by atoms with Crippen molar-refractivity contribution >= 4 is 12.2 Å². The van der Waals surface area contributed by atoms with Gasteiger partial charge in [0.05, 0.1) is 0 Å². The average molecular weight is 399 g/mol. The lowest BCUT2D eigenvalue weighted by molar-refractivity contribution is 0.144. The van der Waals surface area contributed by atoms with E-state index in [0.717, 1.165) is 12.0 Å². The normalized spacial score (nSPS) is 12.6. The Morgan fingerprint density at radius 1 is 0.967 bits per heavy atom. The summed E-state index contributed by atoms with van der Waals surface area (Å²) in [4.78, 5) is 12.2. The number of hydrogen-bond acceptors (Lipinski definition) is 3. The third-order valence-corrected chi connectivity index (χ3v) is 5.40. The van der Waals surface area contributed by atoms with Crippen molar-refractivity contribution in [1.82, 2.24) is 5.32 Å². The Kier molecular flexibility index (Phi) is 6.26. The number of nitrogens with one attached hydrogen (secondary N) is 1. The largest absolute Gasteiger partial charge is 0.449 e. The third-order valence-electron chi connectivity index (χ3n) is 5.40. The zero-order valence-corrected chi connectivity index (χ0v) is 16.9. The highest BCUT2D eigenvalue weighted by Crippen LogP contribution is 2.44. The summed E-state index contributed by atoms with van der Waals surface area (Å²) < 4.78 is 5.55. The topological polar surface area (TPSA) is 64.3 Å². The summed E-state index contributed by atoms with van der Waals surface area (Å²) in [6.45, 7) is 1.37. The molecule has 0 bridgehead atoms. The number of amides is 1. The van der Waals surface area contributed by atoms with Crippen molar-refractivity contribution in [1.29, 1.82) is 0 Å². The molecule has 30 heavy (non-hydrogen) atoms. The molecule has 4 rings (SSSR count). The van der Waals surface area contributed by atoms with Gasteiger partial charge in [0.1, 0.15) is 6.61 Å². The predicted molar refractivity (Wildman–Crippen MR) is 121 cm³/mol. The van der Waals surface area contributed by atoms with Crippen molar-refractivity contribution in [2.45, 2.75) is 12.3 Å². The standard InChI is InChI=1S/C26H26N2O2/c27-15-14-20-8-5-7-19(17-20)9-6-16-28-26(29)30-18-25-23-12-3-1-10-21(23)22-11-2-4-13-24(22)25/h1-13,17,25H,14-16,18,27H2,(H,28,29). The quantitative estimate of drug-likeness (QED) is 0.604. The number of hydrogen-bond donors (Lipinski definition) is 2. The fourth-order valence-corrected chi connectivity index (χ4v) is 4.01. The van der Waals surface area contributed by atoms with E-state index in [0.29, 0.717) is 19.7 Å². The highest BCUT2D eigenvalue weighted by molar-refractivity contribution is 5.79. The van der Waals surface area contributed by atoms with Gasteiger partial charge in [-0.3, -0.25) is 0 Å². The fraction of sp³-hybridized carbons (Fsp3) is 0.192. The first-order chi connectivity index (χ1) is 14.8. The zero-order chi connectivity index (χ0) is 20.8. The van der Waals surface area contributed by atoms with Crippen LogP contribution in [0.5, 0.6) is 0 Å². The van der Waals surface area contributed by atoms with Crippen molar-refractivity contribution in [3.63, 3.8) is 0 Å². The molecule has 4 heteroatoms. The Morgan fingerprint density at radius 3 is 2.37 bits per heavy atom. The molecule has 0 atom stereocenters. The van der Waals surface area contributed by atoms with Crippen LogP contribution >= 0.6 is 0 Å². The van der Waals surface area contributed by atoms with Gasteiger partial charge in [-0.1, -0.05) is 84.9 Å².